The average Bonchev–Trinajstić information content (AvgIpc) is 2.88. The van der Waals surface area contributed by atoms with Gasteiger partial charge >= 0.3 is 0 Å². The molecule has 0 aliphatic heterocycles. The lowest BCUT2D eigenvalue weighted by molar-refractivity contribution is -0.117. The molecule has 0 fully saturated rings. The third-order valence-corrected chi connectivity index (χ3v) is 4.11. The summed E-state index contributed by atoms with van der Waals surface area (Å²) >= 11 is 4.82. The average molecular weight is 347 g/mol. The molecular weight excluding hydrogens is 336 g/mol. The van der Waals surface area contributed by atoms with Gasteiger partial charge < -0.3 is 5.32 Å². The van der Waals surface area contributed by atoms with Crippen molar-refractivity contribution >= 4 is 39.2 Å². The van der Waals surface area contributed by atoms with Crippen LogP contribution in [0.3, 0.4) is 0 Å². The summed E-state index contributed by atoms with van der Waals surface area (Å²) in [6, 6.07) is 15.3. The maximum absolute atomic E-state index is 11.9. The van der Waals surface area contributed by atoms with E-state index in [1.807, 2.05) is 48.5 Å². The molecule has 0 bridgehead atoms. The van der Waals surface area contributed by atoms with E-state index in [1.54, 1.807) is 6.08 Å². The first-order valence-corrected chi connectivity index (χ1v) is 7.49. The Kier molecular flexibility index (Phi) is 5.10. The largest absolute Gasteiger partial charge is 0.347 e. The second-order valence-corrected chi connectivity index (χ2v) is 6.47. The highest BCUT2D eigenvalue weighted by Gasteiger charge is 2.09. The number of nitrogens with zero attached hydrogens (tertiary/aromatic N) is 1. The SMILES string of the molecule is N#C/C(=C\c1ccc(Br)s1)C(=O)NCc1ccccc1. The quantitative estimate of drug-likeness (QED) is 0.677. The van der Waals surface area contributed by atoms with Crippen LogP contribution >= 0.6 is 27.3 Å². The second kappa shape index (κ2) is 7.04. The number of benzene rings is 1. The van der Waals surface area contributed by atoms with Gasteiger partial charge in [-0.3, -0.25) is 4.79 Å². The number of carbonyl (C=O) groups is 1. The Morgan fingerprint density at radius 1 is 1.30 bits per heavy atom. The van der Waals surface area contributed by atoms with Gasteiger partial charge in [0.15, 0.2) is 0 Å². The van der Waals surface area contributed by atoms with Crippen LogP contribution in [-0.4, -0.2) is 5.91 Å². The van der Waals surface area contributed by atoms with Gasteiger partial charge in [-0.15, -0.1) is 11.3 Å². The molecule has 1 heterocycles. The van der Waals surface area contributed by atoms with Crippen molar-refractivity contribution in [2.75, 3.05) is 0 Å². The monoisotopic (exact) mass is 346 g/mol. The molecule has 0 unspecified atom stereocenters. The van der Waals surface area contributed by atoms with E-state index in [2.05, 4.69) is 21.2 Å². The summed E-state index contributed by atoms with van der Waals surface area (Å²) in [6.07, 6.45) is 1.59. The molecule has 2 rings (SSSR count). The van der Waals surface area contributed by atoms with Gasteiger partial charge in [-0.1, -0.05) is 30.3 Å². The molecule has 1 aromatic heterocycles. The summed E-state index contributed by atoms with van der Waals surface area (Å²) in [4.78, 5) is 12.8. The number of nitrogens with one attached hydrogen (secondary N) is 1. The zero-order valence-corrected chi connectivity index (χ0v) is 12.9. The first-order chi connectivity index (χ1) is 9.69. The summed E-state index contributed by atoms with van der Waals surface area (Å²) in [6.45, 7) is 0.410. The van der Waals surface area contributed by atoms with Crippen molar-refractivity contribution in [3.63, 3.8) is 0 Å². The Morgan fingerprint density at radius 3 is 2.65 bits per heavy atom. The van der Waals surface area contributed by atoms with Crippen LogP contribution in [-0.2, 0) is 11.3 Å². The van der Waals surface area contributed by atoms with Gasteiger partial charge in [0, 0.05) is 11.4 Å². The van der Waals surface area contributed by atoms with Crippen LogP contribution in [0.4, 0.5) is 0 Å². The zero-order valence-electron chi connectivity index (χ0n) is 10.5. The molecule has 0 saturated carbocycles. The predicted molar refractivity (Wildman–Crippen MR) is 83.9 cm³/mol. The predicted octanol–water partition coefficient (Wildman–Crippen LogP) is 3.73. The molecule has 1 aromatic carbocycles. The molecule has 0 aliphatic rings. The molecular formula is C15H11BrN2OS. The van der Waals surface area contributed by atoms with Crippen molar-refractivity contribution in [1.29, 1.82) is 5.26 Å². The first kappa shape index (κ1) is 14.5. The lowest BCUT2D eigenvalue weighted by atomic mass is 10.2. The van der Waals surface area contributed by atoms with Gasteiger partial charge in [0.2, 0.25) is 0 Å². The third kappa shape index (κ3) is 4.05. The Hall–Kier alpha value is -1.90. The number of rotatable bonds is 4. The molecule has 3 nitrogen and oxygen atoms in total. The number of nitriles is 1. The highest BCUT2D eigenvalue weighted by molar-refractivity contribution is 9.11. The molecule has 5 heteroatoms. The molecule has 1 N–H and O–H groups in total. The summed E-state index contributed by atoms with van der Waals surface area (Å²) in [5.74, 6) is -0.360. The van der Waals surface area contributed by atoms with E-state index in [9.17, 15) is 4.79 Å². The fourth-order valence-corrected chi connectivity index (χ4v) is 2.94. The molecule has 0 aliphatic carbocycles. The standard InChI is InChI=1S/C15H11BrN2OS/c16-14-7-6-13(20-14)8-12(9-17)15(19)18-10-11-4-2-1-3-5-11/h1-8H,10H2,(H,18,19)/b12-8+. The smallest absolute Gasteiger partial charge is 0.262 e. The molecule has 0 atom stereocenters. The van der Waals surface area contributed by atoms with Crippen molar-refractivity contribution < 1.29 is 4.79 Å². The number of amides is 1. The molecule has 0 spiro atoms. The van der Waals surface area contributed by atoms with E-state index in [4.69, 9.17) is 5.26 Å². The number of hydrogen-bond acceptors (Lipinski definition) is 3. The Morgan fingerprint density at radius 2 is 2.05 bits per heavy atom. The van der Waals surface area contributed by atoms with Gasteiger partial charge in [0.25, 0.3) is 5.91 Å². The Balaban J connectivity index is 2.03. The summed E-state index contributed by atoms with van der Waals surface area (Å²) in [5, 5.41) is 11.8. The van der Waals surface area contributed by atoms with Crippen LogP contribution < -0.4 is 5.32 Å². The summed E-state index contributed by atoms with van der Waals surface area (Å²) in [7, 11) is 0. The number of carbonyl (C=O) groups excluding carboxylic acids is 1. The first-order valence-electron chi connectivity index (χ1n) is 5.88. The minimum atomic E-state index is -0.360. The maximum Gasteiger partial charge on any atom is 0.262 e. The third-order valence-electron chi connectivity index (χ3n) is 2.54. The van der Waals surface area contributed by atoms with E-state index >= 15 is 0 Å². The fourth-order valence-electron chi connectivity index (χ4n) is 1.57. The number of halogens is 1. The Labute approximate surface area is 129 Å². The molecule has 0 radical (unpaired) electrons. The number of hydrogen-bond donors (Lipinski definition) is 1. The van der Waals surface area contributed by atoms with Gasteiger partial charge in [-0.25, -0.2) is 0 Å². The van der Waals surface area contributed by atoms with Crippen molar-refractivity contribution in [2.24, 2.45) is 0 Å². The van der Waals surface area contributed by atoms with E-state index in [0.717, 1.165) is 14.2 Å². The maximum atomic E-state index is 11.9. The number of thiophene rings is 1. The zero-order chi connectivity index (χ0) is 14.4. The van der Waals surface area contributed by atoms with Crippen LogP contribution in [0.5, 0.6) is 0 Å². The Bertz CT molecular complexity index is 671. The van der Waals surface area contributed by atoms with E-state index in [0.29, 0.717) is 6.54 Å². The van der Waals surface area contributed by atoms with Gasteiger partial charge in [-0.05, 0) is 39.7 Å². The summed E-state index contributed by atoms with van der Waals surface area (Å²) in [5.41, 5.74) is 1.10. The van der Waals surface area contributed by atoms with Crippen molar-refractivity contribution in [1.82, 2.24) is 5.32 Å². The van der Waals surface area contributed by atoms with Crippen LogP contribution in [0.25, 0.3) is 6.08 Å². The van der Waals surface area contributed by atoms with Gasteiger partial charge in [0.05, 0.1) is 3.79 Å². The molecule has 100 valence electrons. The topological polar surface area (TPSA) is 52.9 Å². The minimum Gasteiger partial charge on any atom is -0.347 e. The highest BCUT2D eigenvalue weighted by atomic mass is 79.9. The van der Waals surface area contributed by atoms with Gasteiger partial charge in [-0.2, -0.15) is 5.26 Å². The van der Waals surface area contributed by atoms with Crippen molar-refractivity contribution in [3.05, 3.63) is 62.3 Å². The van der Waals surface area contributed by atoms with Crippen LogP contribution in [0.1, 0.15) is 10.4 Å². The molecule has 2 aromatic rings. The molecule has 0 saturated heterocycles. The van der Waals surface area contributed by atoms with Gasteiger partial charge in [0.1, 0.15) is 11.6 Å². The van der Waals surface area contributed by atoms with Crippen molar-refractivity contribution in [3.8, 4) is 6.07 Å². The highest BCUT2D eigenvalue weighted by Crippen LogP contribution is 2.24. The van der Waals surface area contributed by atoms with Crippen LogP contribution in [0, 0.1) is 11.3 Å². The second-order valence-electron chi connectivity index (χ2n) is 3.98. The summed E-state index contributed by atoms with van der Waals surface area (Å²) < 4.78 is 0.964. The fraction of sp³-hybridized carbons (Fsp3) is 0.0667. The van der Waals surface area contributed by atoms with Crippen LogP contribution in [0.2, 0.25) is 0 Å². The van der Waals surface area contributed by atoms with E-state index < -0.39 is 0 Å². The molecule has 1 amide bonds. The van der Waals surface area contributed by atoms with Crippen LogP contribution in [0.15, 0.2) is 51.8 Å². The normalized spacial score (nSPS) is 10.9. The molecule has 20 heavy (non-hydrogen) atoms. The van der Waals surface area contributed by atoms with Crippen molar-refractivity contribution in [2.45, 2.75) is 6.54 Å². The minimum absolute atomic E-state index is 0.107. The van der Waals surface area contributed by atoms with E-state index in [-0.39, 0.29) is 11.5 Å². The lowest BCUT2D eigenvalue weighted by Crippen LogP contribution is -2.23. The lowest BCUT2D eigenvalue weighted by Gasteiger charge is -2.03. The van der Waals surface area contributed by atoms with E-state index in [1.165, 1.54) is 11.3 Å².